The van der Waals surface area contributed by atoms with Crippen molar-refractivity contribution in [2.45, 2.75) is 46.6 Å². The van der Waals surface area contributed by atoms with Crippen LogP contribution < -0.4 is 10.1 Å². The minimum atomic E-state index is -2.84. The third kappa shape index (κ3) is 8.38. The van der Waals surface area contributed by atoms with Crippen LogP contribution in [0, 0.1) is 0 Å². The van der Waals surface area contributed by atoms with Crippen molar-refractivity contribution in [2.24, 2.45) is 4.99 Å². The molecule has 0 saturated heterocycles. The van der Waals surface area contributed by atoms with Crippen LogP contribution in [0.4, 0.5) is 8.78 Å². The maximum atomic E-state index is 12.3. The van der Waals surface area contributed by atoms with Crippen molar-refractivity contribution in [1.82, 2.24) is 20.4 Å². The van der Waals surface area contributed by atoms with Gasteiger partial charge in [-0.15, -0.1) is 24.0 Å². The topological polar surface area (TPSA) is 85.0 Å². The van der Waals surface area contributed by atoms with Gasteiger partial charge in [0.15, 0.2) is 11.8 Å². The predicted octanol–water partition coefficient (Wildman–Crippen LogP) is 3.98. The molecule has 8 nitrogen and oxygen atoms in total. The molecule has 0 aliphatic rings. The second-order valence-electron chi connectivity index (χ2n) is 6.19. The van der Waals surface area contributed by atoms with Crippen LogP contribution in [0.15, 0.2) is 33.8 Å². The molecule has 2 aromatic rings. The maximum Gasteiger partial charge on any atom is 0.387 e. The maximum absolute atomic E-state index is 12.3. The Bertz CT molecular complexity index is 774. The molecule has 0 aliphatic heterocycles. The monoisotopic (exact) mass is 539 g/mol. The first kappa shape index (κ1) is 26.0. The quantitative estimate of drug-likeness (QED) is 0.278. The van der Waals surface area contributed by atoms with Crippen LogP contribution in [0.2, 0.25) is 0 Å². The highest BCUT2D eigenvalue weighted by molar-refractivity contribution is 14.0. The fourth-order valence-corrected chi connectivity index (χ4v) is 2.56. The Hall–Kier alpha value is -2.02. The van der Waals surface area contributed by atoms with E-state index in [1.165, 1.54) is 12.1 Å². The lowest BCUT2D eigenvalue weighted by molar-refractivity contribution is -0.0498. The van der Waals surface area contributed by atoms with E-state index < -0.39 is 6.61 Å². The minimum Gasteiger partial charge on any atom is -0.435 e. The summed E-state index contributed by atoms with van der Waals surface area (Å²) in [5.41, 5.74) is 0.922. The summed E-state index contributed by atoms with van der Waals surface area (Å²) < 4.78 is 39.6. The van der Waals surface area contributed by atoms with Crippen molar-refractivity contribution in [3.63, 3.8) is 0 Å². The smallest absolute Gasteiger partial charge is 0.387 e. The summed E-state index contributed by atoms with van der Waals surface area (Å²) >= 11 is 0. The number of rotatable bonds is 10. The molecule has 0 aliphatic carbocycles. The number of aliphatic imine (C=N–C) groups is 1. The average molecular weight is 539 g/mol. The van der Waals surface area contributed by atoms with E-state index >= 15 is 0 Å². The van der Waals surface area contributed by atoms with E-state index in [4.69, 9.17) is 9.26 Å². The SMILES string of the molecule is CCNC(=NCc1nc(C(C)OCC)no1)N(C)Cc1ccc(OC(F)F)cc1.I. The largest absolute Gasteiger partial charge is 0.435 e. The van der Waals surface area contributed by atoms with Gasteiger partial charge in [-0.3, -0.25) is 0 Å². The van der Waals surface area contributed by atoms with Gasteiger partial charge in [0.25, 0.3) is 0 Å². The normalized spacial score (nSPS) is 12.4. The van der Waals surface area contributed by atoms with Gasteiger partial charge in [-0.1, -0.05) is 17.3 Å². The molecule has 1 aromatic heterocycles. The van der Waals surface area contributed by atoms with Gasteiger partial charge in [0.2, 0.25) is 5.89 Å². The van der Waals surface area contributed by atoms with E-state index in [0.717, 1.165) is 5.56 Å². The number of guanidine groups is 1. The van der Waals surface area contributed by atoms with Crippen molar-refractivity contribution in [1.29, 1.82) is 0 Å². The molecule has 168 valence electrons. The second kappa shape index (κ2) is 13.3. The van der Waals surface area contributed by atoms with Gasteiger partial charge in [0.05, 0.1) is 0 Å². The highest BCUT2D eigenvalue weighted by Gasteiger charge is 2.14. The Balaban J connectivity index is 0.00000450. The Morgan fingerprint density at radius 1 is 1.27 bits per heavy atom. The van der Waals surface area contributed by atoms with Gasteiger partial charge in [-0.05, 0) is 38.5 Å². The van der Waals surface area contributed by atoms with Crippen molar-refractivity contribution >= 4 is 29.9 Å². The van der Waals surface area contributed by atoms with E-state index in [0.29, 0.717) is 37.4 Å². The number of ether oxygens (including phenoxy) is 2. The minimum absolute atomic E-state index is 0. The summed E-state index contributed by atoms with van der Waals surface area (Å²) in [6.45, 7) is 4.88. The molecular formula is C19H28F2IN5O3. The molecule has 1 unspecified atom stereocenters. The van der Waals surface area contributed by atoms with E-state index in [2.05, 4.69) is 25.2 Å². The number of halogens is 3. The summed E-state index contributed by atoms with van der Waals surface area (Å²) in [6, 6.07) is 6.49. The Morgan fingerprint density at radius 3 is 2.57 bits per heavy atom. The van der Waals surface area contributed by atoms with Crippen LogP contribution in [0.1, 0.15) is 44.2 Å². The van der Waals surface area contributed by atoms with E-state index in [9.17, 15) is 8.78 Å². The summed E-state index contributed by atoms with van der Waals surface area (Å²) in [4.78, 5) is 10.7. The van der Waals surface area contributed by atoms with Crippen molar-refractivity contribution in [2.75, 3.05) is 20.2 Å². The molecule has 1 atom stereocenters. The Labute approximate surface area is 192 Å². The first-order valence-electron chi connectivity index (χ1n) is 9.40. The molecule has 0 radical (unpaired) electrons. The molecule has 30 heavy (non-hydrogen) atoms. The first-order chi connectivity index (χ1) is 13.9. The molecule has 0 spiro atoms. The van der Waals surface area contributed by atoms with Gasteiger partial charge in [0, 0.05) is 26.7 Å². The van der Waals surface area contributed by atoms with Crippen LogP contribution in [-0.4, -0.2) is 47.8 Å². The van der Waals surface area contributed by atoms with Crippen LogP contribution in [0.3, 0.4) is 0 Å². The standard InChI is InChI=1S/C19H27F2N5O3.HI/c1-5-22-19(23-11-16-24-17(25-29-16)13(3)27-6-2)26(4)12-14-7-9-15(10-8-14)28-18(20)21;/h7-10,13,18H,5-6,11-12H2,1-4H3,(H,22,23);1H. The average Bonchev–Trinajstić information content (AvgIpc) is 3.15. The first-order valence-corrected chi connectivity index (χ1v) is 9.40. The molecule has 0 saturated carbocycles. The van der Waals surface area contributed by atoms with Crippen LogP contribution in [0.25, 0.3) is 0 Å². The molecule has 0 bridgehead atoms. The third-order valence-electron chi connectivity index (χ3n) is 3.89. The molecular weight excluding hydrogens is 511 g/mol. The number of hydrogen-bond donors (Lipinski definition) is 1. The van der Waals surface area contributed by atoms with Gasteiger partial charge in [0.1, 0.15) is 18.4 Å². The molecule has 1 heterocycles. The summed E-state index contributed by atoms with van der Waals surface area (Å²) in [5, 5.41) is 7.12. The molecule has 0 fully saturated rings. The Kier molecular flexibility index (Phi) is 11.5. The summed E-state index contributed by atoms with van der Waals surface area (Å²) in [6.07, 6.45) is -0.241. The van der Waals surface area contributed by atoms with Gasteiger partial charge in [-0.2, -0.15) is 13.8 Å². The lowest BCUT2D eigenvalue weighted by Crippen LogP contribution is -2.38. The molecule has 11 heteroatoms. The fraction of sp³-hybridized carbons (Fsp3) is 0.526. The number of nitrogens with zero attached hydrogens (tertiary/aromatic N) is 4. The van der Waals surface area contributed by atoms with Crippen molar-refractivity contribution < 1.29 is 22.8 Å². The van der Waals surface area contributed by atoms with Gasteiger partial charge >= 0.3 is 6.61 Å². The van der Waals surface area contributed by atoms with E-state index in [-0.39, 0.29) is 42.4 Å². The highest BCUT2D eigenvalue weighted by atomic mass is 127. The van der Waals surface area contributed by atoms with Crippen LogP contribution in [0.5, 0.6) is 5.75 Å². The van der Waals surface area contributed by atoms with Crippen molar-refractivity contribution in [3.8, 4) is 5.75 Å². The van der Waals surface area contributed by atoms with Crippen LogP contribution >= 0.6 is 24.0 Å². The fourth-order valence-electron chi connectivity index (χ4n) is 2.56. The zero-order chi connectivity index (χ0) is 21.2. The Morgan fingerprint density at radius 2 is 1.97 bits per heavy atom. The van der Waals surface area contributed by atoms with Crippen LogP contribution in [-0.2, 0) is 17.8 Å². The number of aromatic nitrogens is 2. The summed E-state index contributed by atoms with van der Waals surface area (Å²) in [7, 11) is 1.88. The number of nitrogens with one attached hydrogen (secondary N) is 1. The predicted molar refractivity (Wildman–Crippen MR) is 119 cm³/mol. The van der Waals surface area contributed by atoms with Gasteiger partial charge < -0.3 is 24.2 Å². The molecule has 1 N–H and O–H groups in total. The number of hydrogen-bond acceptors (Lipinski definition) is 6. The van der Waals surface area contributed by atoms with Gasteiger partial charge in [-0.25, -0.2) is 4.99 Å². The van der Waals surface area contributed by atoms with E-state index in [1.807, 2.05) is 32.7 Å². The molecule has 1 aromatic carbocycles. The number of benzene rings is 1. The summed E-state index contributed by atoms with van der Waals surface area (Å²) in [5.74, 6) is 1.66. The zero-order valence-corrected chi connectivity index (χ0v) is 19.8. The third-order valence-corrected chi connectivity index (χ3v) is 3.89. The highest BCUT2D eigenvalue weighted by Crippen LogP contribution is 2.16. The molecule has 0 amide bonds. The number of alkyl halides is 2. The zero-order valence-electron chi connectivity index (χ0n) is 17.5. The lowest BCUT2D eigenvalue weighted by Gasteiger charge is -2.22. The van der Waals surface area contributed by atoms with E-state index in [1.54, 1.807) is 12.1 Å². The second-order valence-corrected chi connectivity index (χ2v) is 6.19. The lowest BCUT2D eigenvalue weighted by atomic mass is 10.2. The molecule has 2 rings (SSSR count). The van der Waals surface area contributed by atoms with Crippen molar-refractivity contribution in [3.05, 3.63) is 41.5 Å².